The number of nitrogens with one attached hydrogen (secondary N) is 2. The van der Waals surface area contributed by atoms with Crippen LogP contribution in [-0.2, 0) is 4.74 Å². The topological polar surface area (TPSA) is 50.4 Å². The molecule has 0 radical (unpaired) electrons. The molecule has 0 aliphatic rings. The smallest absolute Gasteiger partial charge is 0.252 e. The molecule has 1 rings (SSSR count). The molecule has 108 valence electrons. The maximum Gasteiger partial charge on any atom is 0.252 e. The maximum atomic E-state index is 11.8. The summed E-state index contributed by atoms with van der Waals surface area (Å²) in [6.45, 7) is 2.62. The summed E-state index contributed by atoms with van der Waals surface area (Å²) in [5.41, 5.74) is 0.429. The van der Waals surface area contributed by atoms with E-state index in [0.29, 0.717) is 35.3 Å². The molecule has 2 N–H and O–H groups in total. The van der Waals surface area contributed by atoms with E-state index in [-0.39, 0.29) is 18.3 Å². The molecule has 1 amide bonds. The molecule has 0 unspecified atom stereocenters. The third-order valence-electron chi connectivity index (χ3n) is 2.25. The van der Waals surface area contributed by atoms with E-state index >= 15 is 0 Å². The van der Waals surface area contributed by atoms with Gasteiger partial charge in [0, 0.05) is 31.8 Å². The average Bonchev–Trinajstić information content (AvgIpc) is 2.33. The van der Waals surface area contributed by atoms with Crippen LogP contribution in [0.25, 0.3) is 0 Å². The highest BCUT2D eigenvalue weighted by Gasteiger charge is 2.09. The molecule has 0 aliphatic carbocycles. The first-order chi connectivity index (χ1) is 8.65. The van der Waals surface area contributed by atoms with Gasteiger partial charge in [0.1, 0.15) is 0 Å². The van der Waals surface area contributed by atoms with E-state index in [0.717, 1.165) is 6.54 Å². The Balaban J connectivity index is 0.00000324. The first-order valence-electron chi connectivity index (χ1n) is 5.58. The minimum absolute atomic E-state index is 0. The fourth-order valence-electron chi connectivity index (χ4n) is 1.33. The van der Waals surface area contributed by atoms with Gasteiger partial charge in [0.2, 0.25) is 0 Å². The van der Waals surface area contributed by atoms with E-state index in [9.17, 15) is 4.79 Å². The van der Waals surface area contributed by atoms with Gasteiger partial charge in [0.25, 0.3) is 5.91 Å². The molecule has 0 aromatic heterocycles. The number of amides is 1. The third kappa shape index (κ3) is 6.99. The number of carbonyl (C=O) groups is 1. The van der Waals surface area contributed by atoms with Crippen LogP contribution in [0.3, 0.4) is 0 Å². The maximum absolute atomic E-state index is 11.8. The lowest BCUT2D eigenvalue weighted by atomic mass is 10.2. The van der Waals surface area contributed by atoms with Crippen LogP contribution in [0, 0.1) is 0 Å². The van der Waals surface area contributed by atoms with Crippen molar-refractivity contribution in [1.82, 2.24) is 10.6 Å². The Morgan fingerprint density at radius 1 is 1.26 bits per heavy atom. The molecule has 1 aromatic rings. The molecule has 0 saturated heterocycles. The number of methoxy groups -OCH3 is 1. The molecule has 0 saturated carbocycles. The second-order valence-electron chi connectivity index (χ2n) is 3.62. The zero-order valence-corrected chi connectivity index (χ0v) is 12.9. The SMILES string of the molecule is COCCNCCNC(=O)c1ccc(Cl)cc1Cl.Cl. The van der Waals surface area contributed by atoms with Gasteiger partial charge < -0.3 is 15.4 Å². The van der Waals surface area contributed by atoms with Crippen LogP contribution in [0.5, 0.6) is 0 Å². The summed E-state index contributed by atoms with van der Waals surface area (Å²) in [5, 5.41) is 6.76. The lowest BCUT2D eigenvalue weighted by Gasteiger charge is -2.08. The van der Waals surface area contributed by atoms with Crippen molar-refractivity contribution in [2.45, 2.75) is 0 Å². The number of benzene rings is 1. The highest BCUT2D eigenvalue weighted by molar-refractivity contribution is 6.36. The summed E-state index contributed by atoms with van der Waals surface area (Å²) in [6, 6.07) is 4.80. The predicted octanol–water partition coefficient (Wildman–Crippen LogP) is 2.38. The Morgan fingerprint density at radius 3 is 2.63 bits per heavy atom. The van der Waals surface area contributed by atoms with Gasteiger partial charge in [0.15, 0.2) is 0 Å². The van der Waals surface area contributed by atoms with Gasteiger partial charge in [-0.25, -0.2) is 0 Å². The molecule has 7 heteroatoms. The summed E-state index contributed by atoms with van der Waals surface area (Å²) in [5.74, 6) is -0.204. The Labute approximate surface area is 129 Å². The van der Waals surface area contributed by atoms with Crippen molar-refractivity contribution >= 4 is 41.5 Å². The highest BCUT2D eigenvalue weighted by atomic mass is 35.5. The van der Waals surface area contributed by atoms with Crippen LogP contribution in [0.15, 0.2) is 18.2 Å². The number of hydrogen-bond donors (Lipinski definition) is 2. The van der Waals surface area contributed by atoms with E-state index in [4.69, 9.17) is 27.9 Å². The van der Waals surface area contributed by atoms with Crippen molar-refractivity contribution in [3.8, 4) is 0 Å². The number of halogens is 3. The number of rotatable bonds is 7. The first-order valence-corrected chi connectivity index (χ1v) is 6.33. The second kappa shape index (κ2) is 10.3. The molecule has 4 nitrogen and oxygen atoms in total. The monoisotopic (exact) mass is 326 g/mol. The second-order valence-corrected chi connectivity index (χ2v) is 4.47. The van der Waals surface area contributed by atoms with Crippen LogP contribution in [0.1, 0.15) is 10.4 Å². The Kier molecular flexibility index (Phi) is 10.0. The molecule has 0 fully saturated rings. The molecule has 0 heterocycles. The quantitative estimate of drug-likeness (QED) is 0.756. The van der Waals surface area contributed by atoms with Gasteiger partial charge in [0.05, 0.1) is 17.2 Å². The molecule has 19 heavy (non-hydrogen) atoms. The van der Waals surface area contributed by atoms with E-state index in [1.54, 1.807) is 25.3 Å². The summed E-state index contributed by atoms with van der Waals surface area (Å²) in [7, 11) is 1.64. The minimum Gasteiger partial charge on any atom is -0.383 e. The van der Waals surface area contributed by atoms with E-state index in [1.165, 1.54) is 0 Å². The van der Waals surface area contributed by atoms with Crippen LogP contribution in [0.4, 0.5) is 0 Å². The standard InChI is InChI=1S/C12H16Cl2N2O2.ClH/c1-18-7-6-15-4-5-16-12(17)10-3-2-9(13)8-11(10)14;/h2-3,8,15H,4-7H2,1H3,(H,16,17);1H. The fourth-order valence-corrected chi connectivity index (χ4v) is 1.83. The van der Waals surface area contributed by atoms with Gasteiger partial charge in [-0.05, 0) is 18.2 Å². The first kappa shape index (κ1) is 18.5. The van der Waals surface area contributed by atoms with Crippen molar-refractivity contribution in [3.05, 3.63) is 33.8 Å². The van der Waals surface area contributed by atoms with Crippen molar-refractivity contribution in [1.29, 1.82) is 0 Å². The van der Waals surface area contributed by atoms with Crippen molar-refractivity contribution < 1.29 is 9.53 Å². The van der Waals surface area contributed by atoms with Crippen LogP contribution in [-0.4, -0.2) is 39.3 Å². The van der Waals surface area contributed by atoms with E-state index < -0.39 is 0 Å². The van der Waals surface area contributed by atoms with Crippen LogP contribution in [0.2, 0.25) is 10.0 Å². The Bertz CT molecular complexity index is 403. The summed E-state index contributed by atoms with van der Waals surface area (Å²) in [4.78, 5) is 11.8. The van der Waals surface area contributed by atoms with Gasteiger partial charge in [-0.1, -0.05) is 23.2 Å². The molecular weight excluding hydrogens is 311 g/mol. The van der Waals surface area contributed by atoms with Crippen molar-refractivity contribution in [2.24, 2.45) is 0 Å². The summed E-state index contributed by atoms with van der Waals surface area (Å²) < 4.78 is 4.89. The zero-order chi connectivity index (χ0) is 13.4. The van der Waals surface area contributed by atoms with Crippen LogP contribution < -0.4 is 10.6 Å². The molecule has 0 spiro atoms. The highest BCUT2D eigenvalue weighted by Crippen LogP contribution is 2.20. The molecule has 0 atom stereocenters. The lowest BCUT2D eigenvalue weighted by molar-refractivity contribution is 0.0954. The normalized spacial score (nSPS) is 9.84. The van der Waals surface area contributed by atoms with Crippen LogP contribution >= 0.6 is 35.6 Å². The van der Waals surface area contributed by atoms with Gasteiger partial charge >= 0.3 is 0 Å². The Hall–Kier alpha value is -0.520. The van der Waals surface area contributed by atoms with E-state index in [2.05, 4.69) is 10.6 Å². The molecular formula is C12H17Cl3N2O2. The molecule has 0 aliphatic heterocycles. The molecule has 0 bridgehead atoms. The zero-order valence-electron chi connectivity index (χ0n) is 10.5. The predicted molar refractivity (Wildman–Crippen MR) is 80.8 cm³/mol. The average molecular weight is 328 g/mol. The van der Waals surface area contributed by atoms with Crippen molar-refractivity contribution in [2.75, 3.05) is 33.4 Å². The number of ether oxygens (including phenoxy) is 1. The van der Waals surface area contributed by atoms with Crippen molar-refractivity contribution in [3.63, 3.8) is 0 Å². The largest absolute Gasteiger partial charge is 0.383 e. The fraction of sp³-hybridized carbons (Fsp3) is 0.417. The molecule has 1 aromatic carbocycles. The van der Waals surface area contributed by atoms with E-state index in [1.807, 2.05) is 0 Å². The Morgan fingerprint density at radius 2 is 2.00 bits per heavy atom. The van der Waals surface area contributed by atoms with Gasteiger partial charge in [-0.15, -0.1) is 12.4 Å². The lowest BCUT2D eigenvalue weighted by Crippen LogP contribution is -2.33. The summed E-state index contributed by atoms with van der Waals surface area (Å²) >= 11 is 11.7. The van der Waals surface area contributed by atoms with Gasteiger partial charge in [-0.3, -0.25) is 4.79 Å². The van der Waals surface area contributed by atoms with Gasteiger partial charge in [-0.2, -0.15) is 0 Å². The number of carbonyl (C=O) groups excluding carboxylic acids is 1. The third-order valence-corrected chi connectivity index (χ3v) is 2.79. The minimum atomic E-state index is -0.204. The summed E-state index contributed by atoms with van der Waals surface area (Å²) in [6.07, 6.45) is 0. The number of hydrogen-bond acceptors (Lipinski definition) is 3.